The van der Waals surface area contributed by atoms with Crippen molar-refractivity contribution in [2.24, 2.45) is 0 Å². The zero-order chi connectivity index (χ0) is 13.0. The summed E-state index contributed by atoms with van der Waals surface area (Å²) in [5.41, 5.74) is 8.00. The lowest BCUT2D eigenvalue weighted by Gasteiger charge is -2.23. The smallest absolute Gasteiger partial charge is 0.123 e. The van der Waals surface area contributed by atoms with Crippen molar-refractivity contribution in [3.63, 3.8) is 0 Å². The molecular weight excluding hydrogens is 228 g/mol. The Labute approximate surface area is 109 Å². The quantitative estimate of drug-likeness (QED) is 0.853. The second-order valence-corrected chi connectivity index (χ2v) is 4.46. The molecule has 0 unspecified atom stereocenters. The number of nitrogen functional groups attached to an aromatic ring is 1. The normalized spacial score (nSPS) is 15.6. The molecule has 0 amide bonds. The van der Waals surface area contributed by atoms with Crippen LogP contribution >= 0.6 is 0 Å². The van der Waals surface area contributed by atoms with Crippen LogP contribution in [0.15, 0.2) is 12.1 Å². The van der Waals surface area contributed by atoms with Crippen molar-refractivity contribution in [3.8, 4) is 0 Å². The van der Waals surface area contributed by atoms with Crippen molar-refractivity contribution in [1.29, 1.82) is 0 Å². The van der Waals surface area contributed by atoms with E-state index < -0.39 is 0 Å². The van der Waals surface area contributed by atoms with Gasteiger partial charge in [0.1, 0.15) is 12.5 Å². The summed E-state index contributed by atoms with van der Waals surface area (Å²) in [5, 5.41) is 0. The van der Waals surface area contributed by atoms with Gasteiger partial charge in [-0.2, -0.15) is 0 Å². The van der Waals surface area contributed by atoms with E-state index in [1.807, 2.05) is 6.07 Å². The molecule has 0 aromatic carbocycles. The molecule has 0 saturated carbocycles. The Morgan fingerprint density at radius 1 is 1.39 bits per heavy atom. The Kier molecular flexibility index (Phi) is 4.38. The van der Waals surface area contributed by atoms with E-state index in [-0.39, 0.29) is 0 Å². The average Bonchev–Trinajstić information content (AvgIpc) is 2.89. The van der Waals surface area contributed by atoms with Crippen LogP contribution in [0.25, 0.3) is 0 Å². The topological polar surface area (TPSA) is 54.6 Å². The number of hydrogen-bond acceptors (Lipinski definition) is 5. The molecule has 100 valence electrons. The van der Waals surface area contributed by atoms with Crippen LogP contribution < -0.4 is 10.6 Å². The van der Waals surface area contributed by atoms with E-state index in [9.17, 15) is 0 Å². The van der Waals surface area contributed by atoms with Gasteiger partial charge in [-0.15, -0.1) is 0 Å². The van der Waals surface area contributed by atoms with Gasteiger partial charge in [0, 0.05) is 13.1 Å². The van der Waals surface area contributed by atoms with Gasteiger partial charge in [0.05, 0.1) is 18.0 Å². The molecule has 0 aliphatic carbocycles. The Morgan fingerprint density at radius 2 is 2.17 bits per heavy atom. The standard InChI is InChI=1S/C13H22N4O/c1-3-16(4-2)9-11-12(5-6-13(14)15-11)17-7-8-18-10-17/h5-6H,3-4,7-10H2,1-2H3,(H2,14,15). The van der Waals surface area contributed by atoms with Crippen molar-refractivity contribution in [1.82, 2.24) is 9.88 Å². The van der Waals surface area contributed by atoms with Crippen LogP contribution in [0.1, 0.15) is 19.5 Å². The average molecular weight is 250 g/mol. The molecule has 18 heavy (non-hydrogen) atoms. The van der Waals surface area contributed by atoms with Gasteiger partial charge in [0.15, 0.2) is 0 Å². The molecule has 5 nitrogen and oxygen atoms in total. The highest BCUT2D eigenvalue weighted by molar-refractivity contribution is 5.54. The molecule has 1 saturated heterocycles. The number of anilines is 2. The van der Waals surface area contributed by atoms with Crippen molar-refractivity contribution in [3.05, 3.63) is 17.8 Å². The molecule has 0 bridgehead atoms. The first-order valence-corrected chi connectivity index (χ1v) is 6.55. The number of nitrogens with zero attached hydrogens (tertiary/aromatic N) is 3. The highest BCUT2D eigenvalue weighted by Gasteiger charge is 2.18. The fourth-order valence-corrected chi connectivity index (χ4v) is 2.18. The molecule has 1 aromatic rings. The molecule has 1 aromatic heterocycles. The molecule has 2 heterocycles. The van der Waals surface area contributed by atoms with E-state index in [0.717, 1.165) is 44.2 Å². The third-order valence-corrected chi connectivity index (χ3v) is 3.33. The monoisotopic (exact) mass is 250 g/mol. The maximum atomic E-state index is 5.81. The fourth-order valence-electron chi connectivity index (χ4n) is 2.18. The van der Waals surface area contributed by atoms with E-state index >= 15 is 0 Å². The van der Waals surface area contributed by atoms with Crippen molar-refractivity contribution in [2.45, 2.75) is 20.4 Å². The van der Waals surface area contributed by atoms with Crippen molar-refractivity contribution in [2.75, 3.05) is 43.6 Å². The Morgan fingerprint density at radius 3 is 2.78 bits per heavy atom. The third kappa shape index (κ3) is 2.91. The lowest BCUT2D eigenvalue weighted by Crippen LogP contribution is -2.26. The van der Waals surface area contributed by atoms with E-state index in [4.69, 9.17) is 10.5 Å². The van der Waals surface area contributed by atoms with Gasteiger partial charge < -0.3 is 15.4 Å². The minimum atomic E-state index is 0.584. The number of pyridine rings is 1. The number of hydrogen-bond donors (Lipinski definition) is 1. The Balaban J connectivity index is 2.22. The molecule has 5 heteroatoms. The first-order valence-electron chi connectivity index (χ1n) is 6.55. The van der Waals surface area contributed by atoms with E-state index in [2.05, 4.69) is 34.7 Å². The molecule has 0 atom stereocenters. The van der Waals surface area contributed by atoms with Gasteiger partial charge in [-0.1, -0.05) is 13.8 Å². The predicted molar refractivity (Wildman–Crippen MR) is 73.4 cm³/mol. The van der Waals surface area contributed by atoms with Gasteiger partial charge in [-0.3, -0.25) is 4.90 Å². The van der Waals surface area contributed by atoms with E-state index in [1.54, 1.807) is 0 Å². The predicted octanol–water partition coefficient (Wildman–Crippen LogP) is 1.30. The molecular formula is C13H22N4O. The highest BCUT2D eigenvalue weighted by atomic mass is 16.5. The molecule has 1 aliphatic rings. The summed E-state index contributed by atoms with van der Waals surface area (Å²) in [5.74, 6) is 0.584. The third-order valence-electron chi connectivity index (χ3n) is 3.33. The summed E-state index contributed by atoms with van der Waals surface area (Å²) >= 11 is 0. The summed E-state index contributed by atoms with van der Waals surface area (Å²) in [4.78, 5) is 9.04. The van der Waals surface area contributed by atoms with Crippen LogP contribution in [0.4, 0.5) is 11.5 Å². The van der Waals surface area contributed by atoms with Gasteiger partial charge in [0.25, 0.3) is 0 Å². The first kappa shape index (κ1) is 13.1. The number of rotatable bonds is 5. The number of aromatic nitrogens is 1. The van der Waals surface area contributed by atoms with Crippen LogP contribution in [0.3, 0.4) is 0 Å². The second kappa shape index (κ2) is 6.02. The van der Waals surface area contributed by atoms with E-state index in [1.165, 1.54) is 0 Å². The van der Waals surface area contributed by atoms with Gasteiger partial charge in [0.2, 0.25) is 0 Å². The zero-order valence-electron chi connectivity index (χ0n) is 11.2. The van der Waals surface area contributed by atoms with Crippen LogP contribution in [-0.4, -0.2) is 42.9 Å². The molecule has 2 N–H and O–H groups in total. The fraction of sp³-hybridized carbons (Fsp3) is 0.615. The van der Waals surface area contributed by atoms with Crippen molar-refractivity contribution < 1.29 is 4.74 Å². The van der Waals surface area contributed by atoms with Crippen LogP contribution in [0.5, 0.6) is 0 Å². The largest absolute Gasteiger partial charge is 0.384 e. The minimum Gasteiger partial charge on any atom is -0.384 e. The van der Waals surface area contributed by atoms with Crippen LogP contribution in [0, 0.1) is 0 Å². The maximum Gasteiger partial charge on any atom is 0.123 e. The molecule has 0 spiro atoms. The summed E-state index contributed by atoms with van der Waals surface area (Å²) in [6.45, 7) is 9.56. The van der Waals surface area contributed by atoms with Gasteiger partial charge >= 0.3 is 0 Å². The van der Waals surface area contributed by atoms with Crippen molar-refractivity contribution >= 4 is 11.5 Å². The second-order valence-electron chi connectivity index (χ2n) is 4.46. The Bertz CT molecular complexity index is 387. The van der Waals surface area contributed by atoms with E-state index in [0.29, 0.717) is 12.5 Å². The summed E-state index contributed by atoms with van der Waals surface area (Å²) in [7, 11) is 0. The number of nitrogens with two attached hydrogens (primary N) is 1. The minimum absolute atomic E-state index is 0.584. The lowest BCUT2D eigenvalue weighted by molar-refractivity contribution is 0.201. The summed E-state index contributed by atoms with van der Waals surface area (Å²) < 4.78 is 5.41. The summed E-state index contributed by atoms with van der Waals surface area (Å²) in [6, 6.07) is 3.91. The summed E-state index contributed by atoms with van der Waals surface area (Å²) in [6.07, 6.45) is 0. The molecule has 1 aliphatic heterocycles. The SMILES string of the molecule is CCN(CC)Cc1nc(N)ccc1N1CCOC1. The molecule has 1 fully saturated rings. The maximum absolute atomic E-state index is 5.81. The zero-order valence-corrected chi connectivity index (χ0v) is 11.2. The highest BCUT2D eigenvalue weighted by Crippen LogP contribution is 2.23. The first-order chi connectivity index (χ1) is 8.74. The molecule has 0 radical (unpaired) electrons. The lowest BCUT2D eigenvalue weighted by atomic mass is 10.2. The van der Waals surface area contributed by atoms with Crippen LogP contribution in [-0.2, 0) is 11.3 Å². The van der Waals surface area contributed by atoms with Gasteiger partial charge in [-0.25, -0.2) is 4.98 Å². The van der Waals surface area contributed by atoms with Crippen LogP contribution in [0.2, 0.25) is 0 Å². The number of ether oxygens (including phenoxy) is 1. The van der Waals surface area contributed by atoms with Gasteiger partial charge in [-0.05, 0) is 25.2 Å². The molecule has 2 rings (SSSR count). The Hall–Kier alpha value is -1.33.